The average molecular weight is 211 g/mol. The number of phenols is 1. The molecular weight excluding hydrogens is 198 g/mol. The molecule has 15 heavy (non-hydrogen) atoms. The zero-order chi connectivity index (χ0) is 11.4. The second-order valence-corrected chi connectivity index (χ2v) is 2.88. The Balaban J connectivity index is 3.18. The van der Waals surface area contributed by atoms with Gasteiger partial charge in [0.15, 0.2) is 11.5 Å². The number of aromatic hydroxyl groups is 1. The van der Waals surface area contributed by atoms with E-state index in [9.17, 15) is 9.90 Å². The number of methoxy groups -OCH3 is 2. The Morgan fingerprint density at radius 1 is 1.33 bits per heavy atom. The van der Waals surface area contributed by atoms with Gasteiger partial charge >= 0.3 is 0 Å². The van der Waals surface area contributed by atoms with Crippen LogP contribution in [0, 0.1) is 0 Å². The molecule has 0 unspecified atom stereocenters. The SMILES string of the molecule is COc1ccc(NC(C)=O)c(OC)c1O. The molecule has 0 bridgehead atoms. The summed E-state index contributed by atoms with van der Waals surface area (Å²) in [6, 6.07) is 3.14. The third-order valence-corrected chi connectivity index (χ3v) is 1.83. The summed E-state index contributed by atoms with van der Waals surface area (Å²) < 4.78 is 9.88. The number of rotatable bonds is 3. The minimum absolute atomic E-state index is 0.133. The summed E-state index contributed by atoms with van der Waals surface area (Å²) in [7, 11) is 2.84. The molecule has 0 aliphatic rings. The molecular formula is C10H13NO4. The van der Waals surface area contributed by atoms with Gasteiger partial charge in [-0.2, -0.15) is 0 Å². The first kappa shape index (κ1) is 11.2. The Bertz CT molecular complexity index is 376. The van der Waals surface area contributed by atoms with Gasteiger partial charge in [-0.15, -0.1) is 0 Å². The molecule has 5 nitrogen and oxygen atoms in total. The van der Waals surface area contributed by atoms with Gasteiger partial charge in [-0.05, 0) is 12.1 Å². The van der Waals surface area contributed by atoms with E-state index in [1.807, 2.05) is 0 Å². The van der Waals surface area contributed by atoms with E-state index in [2.05, 4.69) is 5.32 Å². The number of anilines is 1. The Hall–Kier alpha value is -1.91. The van der Waals surface area contributed by atoms with Crippen molar-refractivity contribution in [2.75, 3.05) is 19.5 Å². The summed E-state index contributed by atoms with van der Waals surface area (Å²) in [4.78, 5) is 10.9. The molecule has 0 radical (unpaired) electrons. The predicted octanol–water partition coefficient (Wildman–Crippen LogP) is 1.37. The van der Waals surface area contributed by atoms with E-state index in [1.54, 1.807) is 12.1 Å². The van der Waals surface area contributed by atoms with Crippen LogP contribution in [0.3, 0.4) is 0 Å². The standard InChI is InChI=1S/C10H13NO4/c1-6(12)11-7-4-5-8(14-2)9(13)10(7)15-3/h4-5,13H,1-3H3,(H,11,12). The number of ether oxygens (including phenoxy) is 2. The summed E-state index contributed by atoms with van der Waals surface area (Å²) in [5.41, 5.74) is 0.406. The number of carbonyl (C=O) groups excluding carboxylic acids is 1. The topological polar surface area (TPSA) is 67.8 Å². The van der Waals surface area contributed by atoms with E-state index in [-0.39, 0.29) is 17.4 Å². The summed E-state index contributed by atoms with van der Waals surface area (Å²) in [5.74, 6) is 0.106. The fraction of sp³-hybridized carbons (Fsp3) is 0.300. The molecule has 1 aromatic rings. The van der Waals surface area contributed by atoms with Crippen LogP contribution in [0.15, 0.2) is 12.1 Å². The van der Waals surface area contributed by atoms with Gasteiger partial charge < -0.3 is 19.9 Å². The van der Waals surface area contributed by atoms with Crippen molar-refractivity contribution in [3.63, 3.8) is 0 Å². The predicted molar refractivity (Wildman–Crippen MR) is 55.5 cm³/mol. The highest BCUT2D eigenvalue weighted by Gasteiger charge is 2.14. The van der Waals surface area contributed by atoms with Crippen LogP contribution in [0.1, 0.15) is 6.92 Å². The number of hydrogen-bond acceptors (Lipinski definition) is 4. The lowest BCUT2D eigenvalue weighted by Crippen LogP contribution is -2.07. The Morgan fingerprint density at radius 3 is 2.47 bits per heavy atom. The van der Waals surface area contributed by atoms with Crippen molar-refractivity contribution in [3.8, 4) is 17.2 Å². The van der Waals surface area contributed by atoms with Gasteiger partial charge in [0.2, 0.25) is 11.7 Å². The molecule has 0 fully saturated rings. The van der Waals surface area contributed by atoms with E-state index in [4.69, 9.17) is 9.47 Å². The van der Waals surface area contributed by atoms with Gasteiger partial charge in [0.1, 0.15) is 0 Å². The number of carbonyl (C=O) groups is 1. The number of benzene rings is 1. The van der Waals surface area contributed by atoms with Gasteiger partial charge in [-0.25, -0.2) is 0 Å². The zero-order valence-electron chi connectivity index (χ0n) is 8.83. The van der Waals surface area contributed by atoms with Gasteiger partial charge in [0, 0.05) is 6.92 Å². The summed E-state index contributed by atoms with van der Waals surface area (Å²) in [6.07, 6.45) is 0. The van der Waals surface area contributed by atoms with E-state index in [0.29, 0.717) is 11.4 Å². The third-order valence-electron chi connectivity index (χ3n) is 1.83. The number of amides is 1. The molecule has 0 atom stereocenters. The molecule has 0 aliphatic heterocycles. The van der Waals surface area contributed by atoms with Crippen LogP contribution >= 0.6 is 0 Å². The van der Waals surface area contributed by atoms with E-state index >= 15 is 0 Å². The van der Waals surface area contributed by atoms with Crippen LogP contribution < -0.4 is 14.8 Å². The zero-order valence-corrected chi connectivity index (χ0v) is 8.83. The largest absolute Gasteiger partial charge is 0.502 e. The highest BCUT2D eigenvalue weighted by molar-refractivity contribution is 5.91. The molecule has 1 rings (SSSR count). The van der Waals surface area contributed by atoms with Crippen LogP contribution in [0.2, 0.25) is 0 Å². The number of phenolic OH excluding ortho intramolecular Hbond substituents is 1. The lowest BCUT2D eigenvalue weighted by molar-refractivity contribution is -0.114. The van der Waals surface area contributed by atoms with Crippen LogP contribution in [0.4, 0.5) is 5.69 Å². The molecule has 1 amide bonds. The normalized spacial score (nSPS) is 9.53. The monoisotopic (exact) mass is 211 g/mol. The summed E-state index contributed by atoms with van der Waals surface area (Å²) >= 11 is 0. The molecule has 0 saturated heterocycles. The molecule has 0 heterocycles. The van der Waals surface area contributed by atoms with Gasteiger partial charge in [0.25, 0.3) is 0 Å². The lowest BCUT2D eigenvalue weighted by Gasteiger charge is -2.12. The second-order valence-electron chi connectivity index (χ2n) is 2.88. The van der Waals surface area contributed by atoms with Crippen molar-refractivity contribution in [2.45, 2.75) is 6.92 Å². The minimum atomic E-state index is -0.238. The first-order valence-electron chi connectivity index (χ1n) is 4.31. The fourth-order valence-electron chi connectivity index (χ4n) is 1.21. The van der Waals surface area contributed by atoms with Crippen molar-refractivity contribution in [3.05, 3.63) is 12.1 Å². The smallest absolute Gasteiger partial charge is 0.221 e. The molecule has 82 valence electrons. The fourth-order valence-corrected chi connectivity index (χ4v) is 1.21. The van der Waals surface area contributed by atoms with Gasteiger partial charge in [-0.3, -0.25) is 4.79 Å². The van der Waals surface area contributed by atoms with Gasteiger partial charge in [-0.1, -0.05) is 0 Å². The molecule has 2 N–H and O–H groups in total. The van der Waals surface area contributed by atoms with Crippen molar-refractivity contribution >= 4 is 11.6 Å². The van der Waals surface area contributed by atoms with E-state index in [0.717, 1.165) is 0 Å². The second kappa shape index (κ2) is 4.54. The maximum Gasteiger partial charge on any atom is 0.221 e. The maximum atomic E-state index is 10.9. The molecule has 1 aromatic carbocycles. The third kappa shape index (κ3) is 2.31. The highest BCUT2D eigenvalue weighted by Crippen LogP contribution is 2.41. The highest BCUT2D eigenvalue weighted by atomic mass is 16.5. The van der Waals surface area contributed by atoms with Crippen molar-refractivity contribution in [2.24, 2.45) is 0 Å². The minimum Gasteiger partial charge on any atom is -0.502 e. The Morgan fingerprint density at radius 2 is 2.00 bits per heavy atom. The number of hydrogen-bond donors (Lipinski definition) is 2. The molecule has 0 aliphatic carbocycles. The van der Waals surface area contributed by atoms with Crippen molar-refractivity contribution in [1.82, 2.24) is 0 Å². The van der Waals surface area contributed by atoms with Crippen LogP contribution in [0.25, 0.3) is 0 Å². The van der Waals surface area contributed by atoms with E-state index in [1.165, 1.54) is 21.1 Å². The molecule has 5 heteroatoms. The summed E-state index contributed by atoms with van der Waals surface area (Å²) in [5, 5.41) is 12.2. The maximum absolute atomic E-state index is 10.9. The lowest BCUT2D eigenvalue weighted by atomic mass is 10.2. The average Bonchev–Trinajstić information content (AvgIpc) is 2.18. The van der Waals surface area contributed by atoms with Crippen LogP contribution in [-0.2, 0) is 4.79 Å². The first-order valence-corrected chi connectivity index (χ1v) is 4.31. The van der Waals surface area contributed by atoms with Crippen molar-refractivity contribution < 1.29 is 19.4 Å². The molecule has 0 spiro atoms. The van der Waals surface area contributed by atoms with Gasteiger partial charge in [0.05, 0.1) is 19.9 Å². The van der Waals surface area contributed by atoms with Crippen LogP contribution in [-0.4, -0.2) is 25.2 Å². The number of nitrogens with one attached hydrogen (secondary N) is 1. The Kier molecular flexibility index (Phi) is 3.38. The molecule has 0 saturated carbocycles. The van der Waals surface area contributed by atoms with E-state index < -0.39 is 0 Å². The first-order chi connectivity index (χ1) is 7.10. The molecule has 0 aromatic heterocycles. The quantitative estimate of drug-likeness (QED) is 0.792. The van der Waals surface area contributed by atoms with Crippen LogP contribution in [0.5, 0.6) is 17.2 Å². The summed E-state index contributed by atoms with van der Waals surface area (Å²) in [6.45, 7) is 1.38. The van der Waals surface area contributed by atoms with Crippen molar-refractivity contribution in [1.29, 1.82) is 0 Å². The Labute approximate surface area is 87.6 Å².